The van der Waals surface area contributed by atoms with E-state index in [9.17, 15) is 0 Å². The molecule has 2 rings (SSSR count). The van der Waals surface area contributed by atoms with Crippen LogP contribution in [0.2, 0.25) is 0 Å². The van der Waals surface area contributed by atoms with Crippen molar-refractivity contribution in [2.24, 2.45) is 5.73 Å². The maximum absolute atomic E-state index is 5.67. The van der Waals surface area contributed by atoms with Gasteiger partial charge in [0.15, 0.2) is 0 Å². The monoisotopic (exact) mass is 229 g/mol. The molecule has 90 valence electrons. The van der Waals surface area contributed by atoms with E-state index in [0.717, 1.165) is 17.2 Å². The fraction of sp³-hybridized carbons (Fsp3) is 0.357. The highest BCUT2D eigenvalue weighted by Gasteiger charge is 2.13. The molecule has 1 atom stereocenters. The van der Waals surface area contributed by atoms with Gasteiger partial charge < -0.3 is 10.7 Å². The van der Waals surface area contributed by atoms with Gasteiger partial charge in [-0.3, -0.25) is 0 Å². The molecule has 3 N–H and O–H groups in total. The van der Waals surface area contributed by atoms with Gasteiger partial charge in [0.2, 0.25) is 0 Å². The van der Waals surface area contributed by atoms with Gasteiger partial charge in [0.25, 0.3) is 0 Å². The summed E-state index contributed by atoms with van der Waals surface area (Å²) in [5.74, 6) is 1.25. The Kier molecular flexibility index (Phi) is 3.29. The van der Waals surface area contributed by atoms with Crippen LogP contribution < -0.4 is 5.73 Å². The number of rotatable bonds is 3. The first-order valence-electron chi connectivity index (χ1n) is 5.96. The van der Waals surface area contributed by atoms with Crippen molar-refractivity contribution in [2.75, 3.05) is 6.54 Å². The fourth-order valence-electron chi connectivity index (χ4n) is 1.93. The van der Waals surface area contributed by atoms with E-state index in [4.69, 9.17) is 5.73 Å². The zero-order valence-corrected chi connectivity index (χ0v) is 10.6. The van der Waals surface area contributed by atoms with Crippen LogP contribution in [0.25, 0.3) is 11.3 Å². The molecule has 2 aromatic rings. The molecule has 3 nitrogen and oxygen atoms in total. The summed E-state index contributed by atoms with van der Waals surface area (Å²) >= 11 is 0. The number of aromatic nitrogens is 2. The molecule has 0 aliphatic heterocycles. The lowest BCUT2D eigenvalue weighted by Crippen LogP contribution is -2.10. The smallest absolute Gasteiger partial charge is 0.111 e. The predicted octanol–water partition coefficient (Wildman–Crippen LogP) is 2.76. The van der Waals surface area contributed by atoms with Crippen molar-refractivity contribution in [2.45, 2.75) is 26.7 Å². The van der Waals surface area contributed by atoms with Crippen molar-refractivity contribution in [1.82, 2.24) is 9.97 Å². The SMILES string of the molecule is Cc1ccccc1-c1nc(C(C)CN)[nH]c1C. The minimum absolute atomic E-state index is 0.270. The number of H-pyrrole nitrogens is 1. The average Bonchev–Trinajstić information content (AvgIpc) is 2.71. The van der Waals surface area contributed by atoms with Crippen LogP contribution in [0, 0.1) is 13.8 Å². The van der Waals surface area contributed by atoms with Crippen LogP contribution in [0.4, 0.5) is 0 Å². The third kappa shape index (κ3) is 2.24. The van der Waals surface area contributed by atoms with Gasteiger partial charge in [-0.15, -0.1) is 0 Å². The number of nitrogens with two attached hydrogens (primary N) is 1. The molecule has 1 unspecified atom stereocenters. The van der Waals surface area contributed by atoms with Gasteiger partial charge >= 0.3 is 0 Å². The molecule has 0 radical (unpaired) electrons. The number of aryl methyl sites for hydroxylation is 2. The maximum Gasteiger partial charge on any atom is 0.111 e. The molecule has 0 fully saturated rings. The highest BCUT2D eigenvalue weighted by atomic mass is 14.9. The van der Waals surface area contributed by atoms with Gasteiger partial charge in [0.1, 0.15) is 5.82 Å². The molecule has 0 bridgehead atoms. The van der Waals surface area contributed by atoms with E-state index < -0.39 is 0 Å². The summed E-state index contributed by atoms with van der Waals surface area (Å²) < 4.78 is 0. The second kappa shape index (κ2) is 4.72. The van der Waals surface area contributed by atoms with E-state index in [1.807, 2.05) is 12.1 Å². The Morgan fingerprint density at radius 1 is 1.29 bits per heavy atom. The zero-order valence-electron chi connectivity index (χ0n) is 10.6. The molecule has 0 saturated carbocycles. The Bertz CT molecular complexity index is 514. The van der Waals surface area contributed by atoms with Gasteiger partial charge in [0, 0.05) is 23.7 Å². The highest BCUT2D eigenvalue weighted by Crippen LogP contribution is 2.26. The summed E-state index contributed by atoms with van der Waals surface area (Å²) in [5.41, 5.74) is 10.3. The predicted molar refractivity (Wildman–Crippen MR) is 71.0 cm³/mol. The van der Waals surface area contributed by atoms with E-state index in [1.54, 1.807) is 0 Å². The van der Waals surface area contributed by atoms with Gasteiger partial charge in [-0.05, 0) is 19.4 Å². The van der Waals surface area contributed by atoms with Gasteiger partial charge in [-0.2, -0.15) is 0 Å². The number of nitrogens with one attached hydrogen (secondary N) is 1. The molecule has 1 heterocycles. The van der Waals surface area contributed by atoms with E-state index in [-0.39, 0.29) is 5.92 Å². The molecule has 0 saturated heterocycles. The minimum Gasteiger partial charge on any atom is -0.345 e. The summed E-state index contributed by atoms with van der Waals surface area (Å²) in [7, 11) is 0. The summed E-state index contributed by atoms with van der Waals surface area (Å²) in [6.07, 6.45) is 0. The van der Waals surface area contributed by atoms with E-state index in [0.29, 0.717) is 6.54 Å². The lowest BCUT2D eigenvalue weighted by atomic mass is 10.1. The topological polar surface area (TPSA) is 54.7 Å². The van der Waals surface area contributed by atoms with E-state index in [2.05, 4.69) is 42.9 Å². The summed E-state index contributed by atoms with van der Waals surface area (Å²) in [5, 5.41) is 0. The lowest BCUT2D eigenvalue weighted by molar-refractivity contribution is 0.723. The van der Waals surface area contributed by atoms with Crippen LogP contribution >= 0.6 is 0 Å². The second-order valence-electron chi connectivity index (χ2n) is 4.55. The summed E-state index contributed by atoms with van der Waals surface area (Å²) in [4.78, 5) is 8.01. The molecule has 17 heavy (non-hydrogen) atoms. The molecule has 0 aliphatic rings. The summed E-state index contributed by atoms with van der Waals surface area (Å²) in [6, 6.07) is 8.30. The third-order valence-corrected chi connectivity index (χ3v) is 3.12. The first kappa shape index (κ1) is 11.9. The second-order valence-corrected chi connectivity index (χ2v) is 4.55. The third-order valence-electron chi connectivity index (χ3n) is 3.12. The van der Waals surface area contributed by atoms with Crippen LogP contribution in [0.3, 0.4) is 0 Å². The Morgan fingerprint density at radius 2 is 2.00 bits per heavy atom. The van der Waals surface area contributed by atoms with Crippen molar-refractivity contribution in [3.05, 3.63) is 41.3 Å². The van der Waals surface area contributed by atoms with Crippen molar-refractivity contribution in [3.8, 4) is 11.3 Å². The molecule has 1 aromatic carbocycles. The molecule has 0 amide bonds. The molecule has 0 spiro atoms. The number of aromatic amines is 1. The molecule has 3 heteroatoms. The molecule has 0 aliphatic carbocycles. The standard InChI is InChI=1S/C14H19N3/c1-9-6-4-5-7-12(9)13-11(3)16-14(17-13)10(2)8-15/h4-7,10H,8,15H2,1-3H3,(H,16,17). The first-order valence-corrected chi connectivity index (χ1v) is 5.96. The van der Waals surface area contributed by atoms with Crippen molar-refractivity contribution in [3.63, 3.8) is 0 Å². The summed E-state index contributed by atoms with van der Waals surface area (Å²) in [6.45, 7) is 6.86. The van der Waals surface area contributed by atoms with Crippen molar-refractivity contribution >= 4 is 0 Å². The normalized spacial score (nSPS) is 12.7. The Hall–Kier alpha value is -1.61. The van der Waals surface area contributed by atoms with Crippen LogP contribution in [0.1, 0.15) is 29.9 Å². The number of hydrogen-bond donors (Lipinski definition) is 2. The van der Waals surface area contributed by atoms with Gasteiger partial charge in [0.05, 0.1) is 5.69 Å². The van der Waals surface area contributed by atoms with Gasteiger partial charge in [-0.25, -0.2) is 4.98 Å². The lowest BCUT2D eigenvalue weighted by Gasteiger charge is -2.03. The first-order chi connectivity index (χ1) is 8.13. The fourth-order valence-corrected chi connectivity index (χ4v) is 1.93. The van der Waals surface area contributed by atoms with Crippen LogP contribution in [-0.4, -0.2) is 16.5 Å². The van der Waals surface area contributed by atoms with Gasteiger partial charge in [-0.1, -0.05) is 31.2 Å². The number of hydrogen-bond acceptors (Lipinski definition) is 2. The largest absolute Gasteiger partial charge is 0.345 e. The highest BCUT2D eigenvalue weighted by molar-refractivity contribution is 5.65. The number of benzene rings is 1. The molecule has 1 aromatic heterocycles. The number of nitrogens with zero attached hydrogens (tertiary/aromatic N) is 1. The molecular formula is C14H19N3. The molecular weight excluding hydrogens is 210 g/mol. The van der Waals surface area contributed by atoms with E-state index >= 15 is 0 Å². The minimum atomic E-state index is 0.270. The zero-order chi connectivity index (χ0) is 12.4. The number of imidazole rings is 1. The van der Waals surface area contributed by atoms with Crippen LogP contribution in [0.15, 0.2) is 24.3 Å². The average molecular weight is 229 g/mol. The van der Waals surface area contributed by atoms with Crippen LogP contribution in [-0.2, 0) is 0 Å². The Morgan fingerprint density at radius 3 is 2.65 bits per heavy atom. The van der Waals surface area contributed by atoms with Crippen LogP contribution in [0.5, 0.6) is 0 Å². The van der Waals surface area contributed by atoms with Crippen molar-refractivity contribution < 1.29 is 0 Å². The van der Waals surface area contributed by atoms with E-state index in [1.165, 1.54) is 11.1 Å². The van der Waals surface area contributed by atoms with Crippen molar-refractivity contribution in [1.29, 1.82) is 0 Å². The maximum atomic E-state index is 5.67. The quantitative estimate of drug-likeness (QED) is 0.850. The Labute approximate surface area is 102 Å². The Balaban J connectivity index is 2.47.